The molecule has 2 unspecified atom stereocenters. The topological polar surface area (TPSA) is 86.1 Å². The summed E-state index contributed by atoms with van der Waals surface area (Å²) in [5.41, 5.74) is 0.911. The molecular formula is C27H38N4O4. The molecule has 2 aliphatic heterocycles. The number of hydrogen-bond acceptors (Lipinski definition) is 6. The molecule has 3 aliphatic rings. The minimum Gasteiger partial charge on any atom is -0.444 e. The van der Waals surface area contributed by atoms with Gasteiger partial charge in [-0.2, -0.15) is 5.26 Å². The highest BCUT2D eigenvalue weighted by molar-refractivity contribution is 5.86. The van der Waals surface area contributed by atoms with Crippen molar-refractivity contribution in [3.05, 3.63) is 35.4 Å². The summed E-state index contributed by atoms with van der Waals surface area (Å²) in [4.78, 5) is 32.7. The van der Waals surface area contributed by atoms with E-state index in [-0.39, 0.29) is 12.0 Å². The molecule has 2 saturated heterocycles. The van der Waals surface area contributed by atoms with E-state index in [4.69, 9.17) is 14.7 Å². The lowest BCUT2D eigenvalue weighted by Gasteiger charge is -2.37. The van der Waals surface area contributed by atoms with Crippen LogP contribution in [0.2, 0.25) is 0 Å². The van der Waals surface area contributed by atoms with Crippen molar-refractivity contribution in [1.82, 2.24) is 14.7 Å². The predicted octanol–water partition coefficient (Wildman–Crippen LogP) is 3.54. The number of rotatable bonds is 5. The minimum absolute atomic E-state index is 0.00390. The highest BCUT2D eigenvalue weighted by Gasteiger charge is 2.44. The number of ether oxygens (including phenoxy) is 2. The maximum absolute atomic E-state index is 13.7. The predicted molar refractivity (Wildman–Crippen MR) is 131 cm³/mol. The molecule has 1 aliphatic carbocycles. The molecule has 8 nitrogen and oxygen atoms in total. The fourth-order valence-corrected chi connectivity index (χ4v) is 5.05. The monoisotopic (exact) mass is 482 g/mol. The van der Waals surface area contributed by atoms with Crippen LogP contribution >= 0.6 is 0 Å². The van der Waals surface area contributed by atoms with Gasteiger partial charge < -0.3 is 14.4 Å². The van der Waals surface area contributed by atoms with Crippen LogP contribution in [0.3, 0.4) is 0 Å². The van der Waals surface area contributed by atoms with Gasteiger partial charge in [0.25, 0.3) is 0 Å². The molecule has 0 spiro atoms. The third kappa shape index (κ3) is 6.53. The zero-order chi connectivity index (χ0) is 25.0. The lowest BCUT2D eigenvalue weighted by molar-refractivity contribution is -0.135. The van der Waals surface area contributed by atoms with Crippen LogP contribution in [0.25, 0.3) is 0 Å². The smallest absolute Gasteiger partial charge is 0.411 e. The second-order valence-electron chi connectivity index (χ2n) is 10.9. The maximum atomic E-state index is 13.7. The number of hydrogen-bond donors (Lipinski definition) is 0. The van der Waals surface area contributed by atoms with Gasteiger partial charge in [0.15, 0.2) is 0 Å². The molecule has 2 heterocycles. The highest BCUT2D eigenvalue weighted by Crippen LogP contribution is 2.28. The first-order chi connectivity index (χ1) is 16.7. The van der Waals surface area contributed by atoms with E-state index < -0.39 is 17.7 Å². The summed E-state index contributed by atoms with van der Waals surface area (Å²) in [6.45, 7) is 9.53. The van der Waals surface area contributed by atoms with Crippen LogP contribution in [0.4, 0.5) is 4.79 Å². The van der Waals surface area contributed by atoms with Gasteiger partial charge in [-0.15, -0.1) is 0 Å². The number of carbonyl (C=O) groups is 2. The largest absolute Gasteiger partial charge is 0.444 e. The van der Waals surface area contributed by atoms with E-state index in [9.17, 15) is 9.59 Å². The summed E-state index contributed by atoms with van der Waals surface area (Å²) in [6.07, 6.45) is 4.53. The molecular weight excluding hydrogens is 444 g/mol. The first-order valence-electron chi connectivity index (χ1n) is 12.9. The Bertz CT molecular complexity index is 932. The van der Waals surface area contributed by atoms with Crippen molar-refractivity contribution < 1.29 is 19.1 Å². The first kappa shape index (κ1) is 25.5. The molecule has 3 fully saturated rings. The van der Waals surface area contributed by atoms with Crippen LogP contribution in [0.1, 0.15) is 64.0 Å². The van der Waals surface area contributed by atoms with Gasteiger partial charge in [-0.05, 0) is 57.7 Å². The van der Waals surface area contributed by atoms with E-state index in [1.165, 1.54) is 19.3 Å². The molecule has 8 heteroatoms. The summed E-state index contributed by atoms with van der Waals surface area (Å²) in [7, 11) is 0. The summed E-state index contributed by atoms with van der Waals surface area (Å²) in [5.74, 6) is -0.00390. The molecule has 0 bridgehead atoms. The Kier molecular flexibility index (Phi) is 7.98. The highest BCUT2D eigenvalue weighted by atomic mass is 16.6. The van der Waals surface area contributed by atoms with Gasteiger partial charge in [-0.3, -0.25) is 14.6 Å². The maximum Gasteiger partial charge on any atom is 0.411 e. The third-order valence-corrected chi connectivity index (χ3v) is 7.18. The van der Waals surface area contributed by atoms with Crippen molar-refractivity contribution in [3.63, 3.8) is 0 Å². The molecule has 1 saturated carbocycles. The molecule has 2 amide bonds. The van der Waals surface area contributed by atoms with Crippen LogP contribution in [0.15, 0.2) is 24.3 Å². The van der Waals surface area contributed by atoms with Gasteiger partial charge in [-0.1, -0.05) is 18.6 Å². The second-order valence-corrected chi connectivity index (χ2v) is 10.9. The van der Waals surface area contributed by atoms with Crippen molar-refractivity contribution in [2.75, 3.05) is 32.7 Å². The first-order valence-corrected chi connectivity index (χ1v) is 12.9. The second kappa shape index (κ2) is 11.0. The van der Waals surface area contributed by atoms with Gasteiger partial charge in [0.2, 0.25) is 5.91 Å². The standard InChI is InChI=1S/C27H38N4O4/c1-27(2,3)35-26(33)31-18-23(34-19-21-10-8-20(17-28)9-11-21)16-24(31)25(32)30-13-5-12-29(14-15-30)22-6-4-7-22/h8-11,22-24H,4-7,12-16,18-19H2,1-3H3. The normalized spacial score (nSPS) is 23.9. The van der Waals surface area contributed by atoms with E-state index in [2.05, 4.69) is 11.0 Å². The minimum atomic E-state index is -0.641. The molecule has 0 aromatic heterocycles. The van der Waals surface area contributed by atoms with Crippen molar-refractivity contribution >= 4 is 12.0 Å². The van der Waals surface area contributed by atoms with Crippen molar-refractivity contribution in [3.8, 4) is 6.07 Å². The number of carbonyl (C=O) groups excluding carboxylic acids is 2. The summed E-state index contributed by atoms with van der Waals surface area (Å²) in [5, 5.41) is 8.99. The fraction of sp³-hybridized carbons (Fsp3) is 0.667. The third-order valence-electron chi connectivity index (χ3n) is 7.18. The lowest BCUT2D eigenvalue weighted by Crippen LogP contribution is -2.50. The Morgan fingerprint density at radius 2 is 1.80 bits per heavy atom. The number of nitriles is 1. The Hall–Kier alpha value is -2.63. The van der Waals surface area contributed by atoms with Gasteiger partial charge in [0.05, 0.1) is 30.9 Å². The Balaban J connectivity index is 1.41. The lowest BCUT2D eigenvalue weighted by atomic mass is 9.91. The van der Waals surface area contributed by atoms with Gasteiger partial charge in [0.1, 0.15) is 11.6 Å². The van der Waals surface area contributed by atoms with E-state index >= 15 is 0 Å². The van der Waals surface area contributed by atoms with Crippen LogP contribution in [0.5, 0.6) is 0 Å². The number of likely N-dealkylation sites (tertiary alicyclic amines) is 1. The molecule has 1 aromatic rings. The average molecular weight is 483 g/mol. The van der Waals surface area contributed by atoms with Crippen molar-refractivity contribution in [2.45, 2.75) is 83.3 Å². The van der Waals surface area contributed by atoms with Gasteiger partial charge in [-0.25, -0.2) is 4.79 Å². The SMILES string of the molecule is CC(C)(C)OC(=O)N1CC(OCc2ccc(C#N)cc2)CC1C(=O)N1CCCN(C2CCC2)CC1. The van der Waals surface area contributed by atoms with E-state index in [0.29, 0.717) is 37.7 Å². The summed E-state index contributed by atoms with van der Waals surface area (Å²) < 4.78 is 11.8. The van der Waals surface area contributed by atoms with Crippen LogP contribution < -0.4 is 0 Å². The Morgan fingerprint density at radius 3 is 2.43 bits per heavy atom. The van der Waals surface area contributed by atoms with Gasteiger partial charge in [0, 0.05) is 38.6 Å². The number of benzene rings is 1. The average Bonchev–Trinajstić information content (AvgIpc) is 3.07. The fourth-order valence-electron chi connectivity index (χ4n) is 5.05. The zero-order valence-corrected chi connectivity index (χ0v) is 21.2. The van der Waals surface area contributed by atoms with Crippen molar-refractivity contribution in [2.24, 2.45) is 0 Å². The van der Waals surface area contributed by atoms with Gasteiger partial charge >= 0.3 is 6.09 Å². The number of amides is 2. The molecule has 0 radical (unpaired) electrons. The molecule has 4 rings (SSSR count). The number of nitrogens with zero attached hydrogens (tertiary/aromatic N) is 4. The van der Waals surface area contributed by atoms with E-state index in [0.717, 1.165) is 31.6 Å². The van der Waals surface area contributed by atoms with Crippen molar-refractivity contribution in [1.29, 1.82) is 5.26 Å². The quantitative estimate of drug-likeness (QED) is 0.638. The molecule has 190 valence electrons. The summed E-state index contributed by atoms with van der Waals surface area (Å²) in [6, 6.07) is 9.47. The van der Waals surface area contributed by atoms with Crippen LogP contribution in [-0.4, -0.2) is 83.2 Å². The van der Waals surface area contributed by atoms with Crippen LogP contribution in [0, 0.1) is 11.3 Å². The zero-order valence-electron chi connectivity index (χ0n) is 21.2. The summed E-state index contributed by atoms with van der Waals surface area (Å²) >= 11 is 0. The van der Waals surface area contributed by atoms with Crippen LogP contribution in [-0.2, 0) is 20.9 Å². The molecule has 2 atom stereocenters. The molecule has 35 heavy (non-hydrogen) atoms. The Morgan fingerprint density at radius 1 is 1.06 bits per heavy atom. The Labute approximate surface area is 208 Å². The molecule has 1 aromatic carbocycles. The van der Waals surface area contributed by atoms with E-state index in [1.54, 1.807) is 17.0 Å². The van der Waals surface area contributed by atoms with E-state index in [1.807, 2.05) is 37.8 Å². The molecule has 0 N–H and O–H groups in total.